The lowest BCUT2D eigenvalue weighted by molar-refractivity contribution is 0.226. The fourth-order valence-electron chi connectivity index (χ4n) is 1.38. The van der Waals surface area contributed by atoms with Crippen LogP contribution in [0.15, 0.2) is 30.3 Å². The molecule has 0 fully saturated rings. The molecule has 1 aromatic rings. The van der Waals surface area contributed by atoms with Crippen molar-refractivity contribution in [1.82, 2.24) is 10.6 Å². The zero-order chi connectivity index (χ0) is 12.7. The van der Waals surface area contributed by atoms with Gasteiger partial charge in [-0.1, -0.05) is 37.3 Å². The van der Waals surface area contributed by atoms with Crippen LogP contribution in [0.5, 0.6) is 0 Å². The molecule has 4 heteroatoms. The lowest BCUT2D eigenvalue weighted by atomic mass is 10.00. The van der Waals surface area contributed by atoms with Crippen LogP contribution in [0.3, 0.4) is 0 Å². The van der Waals surface area contributed by atoms with E-state index in [1.165, 1.54) is 0 Å². The molecule has 0 radical (unpaired) electrons. The Morgan fingerprint density at radius 1 is 1.35 bits per heavy atom. The lowest BCUT2D eigenvalue weighted by Gasteiger charge is -2.27. The fraction of sp³-hybridized carbons (Fsp3) is 0.462. The molecule has 1 atom stereocenters. The van der Waals surface area contributed by atoms with E-state index in [1.807, 2.05) is 44.2 Å². The summed E-state index contributed by atoms with van der Waals surface area (Å²) in [7, 11) is 0. The zero-order valence-electron chi connectivity index (χ0n) is 10.5. The van der Waals surface area contributed by atoms with Crippen molar-refractivity contribution in [3.63, 3.8) is 0 Å². The summed E-state index contributed by atoms with van der Waals surface area (Å²) in [5, 5.41) is 5.71. The van der Waals surface area contributed by atoms with Crippen LogP contribution in [-0.2, 0) is 6.54 Å². The number of carbonyl (C=O) groups excluding carboxylic acids is 1. The highest BCUT2D eigenvalue weighted by Gasteiger charge is 2.21. The SMILES string of the molecule is CCC(C)(CN)NC(=O)NCc1ccccc1. The molecular weight excluding hydrogens is 214 g/mol. The maximum absolute atomic E-state index is 11.7. The van der Waals surface area contributed by atoms with Gasteiger partial charge in [-0.3, -0.25) is 0 Å². The largest absolute Gasteiger partial charge is 0.334 e. The molecular formula is C13H21N3O. The molecule has 0 saturated carbocycles. The van der Waals surface area contributed by atoms with E-state index in [0.717, 1.165) is 12.0 Å². The molecule has 0 aromatic heterocycles. The molecule has 2 amide bonds. The summed E-state index contributed by atoms with van der Waals surface area (Å²) in [4.78, 5) is 11.7. The first-order valence-corrected chi connectivity index (χ1v) is 5.89. The van der Waals surface area contributed by atoms with Crippen LogP contribution in [0.4, 0.5) is 4.79 Å². The van der Waals surface area contributed by atoms with Gasteiger partial charge in [-0.05, 0) is 18.9 Å². The first kappa shape index (κ1) is 13.5. The third-order valence-electron chi connectivity index (χ3n) is 2.94. The highest BCUT2D eigenvalue weighted by molar-refractivity contribution is 5.74. The minimum absolute atomic E-state index is 0.177. The van der Waals surface area contributed by atoms with Crippen molar-refractivity contribution in [3.8, 4) is 0 Å². The van der Waals surface area contributed by atoms with Crippen molar-refractivity contribution in [2.24, 2.45) is 5.73 Å². The summed E-state index contributed by atoms with van der Waals surface area (Å²) in [5.41, 5.74) is 6.38. The molecule has 0 bridgehead atoms. The minimum atomic E-state index is -0.333. The van der Waals surface area contributed by atoms with E-state index in [9.17, 15) is 4.79 Å². The number of nitrogens with one attached hydrogen (secondary N) is 2. The van der Waals surface area contributed by atoms with Crippen LogP contribution >= 0.6 is 0 Å². The smallest absolute Gasteiger partial charge is 0.315 e. The molecule has 4 nitrogen and oxygen atoms in total. The first-order valence-electron chi connectivity index (χ1n) is 5.89. The van der Waals surface area contributed by atoms with Crippen molar-refractivity contribution in [1.29, 1.82) is 0 Å². The number of hydrogen-bond acceptors (Lipinski definition) is 2. The molecule has 1 rings (SSSR count). The van der Waals surface area contributed by atoms with Gasteiger partial charge in [0.15, 0.2) is 0 Å². The van der Waals surface area contributed by atoms with Crippen molar-refractivity contribution in [2.45, 2.75) is 32.4 Å². The van der Waals surface area contributed by atoms with E-state index in [-0.39, 0.29) is 11.6 Å². The second kappa shape index (κ2) is 6.25. The molecule has 1 aromatic carbocycles. The van der Waals surface area contributed by atoms with E-state index in [4.69, 9.17) is 5.73 Å². The standard InChI is InChI=1S/C13H21N3O/c1-3-13(2,10-14)16-12(17)15-9-11-7-5-4-6-8-11/h4-8H,3,9-10,14H2,1-2H3,(H2,15,16,17). The van der Waals surface area contributed by atoms with E-state index in [1.54, 1.807) is 0 Å². The van der Waals surface area contributed by atoms with Gasteiger partial charge in [-0.25, -0.2) is 4.79 Å². The molecule has 94 valence electrons. The number of urea groups is 1. The summed E-state index contributed by atoms with van der Waals surface area (Å²) in [5.74, 6) is 0. The van der Waals surface area contributed by atoms with E-state index in [0.29, 0.717) is 13.1 Å². The van der Waals surface area contributed by atoms with Crippen molar-refractivity contribution >= 4 is 6.03 Å². The Balaban J connectivity index is 2.40. The summed E-state index contributed by atoms with van der Waals surface area (Å²) >= 11 is 0. The van der Waals surface area contributed by atoms with Crippen LogP contribution in [-0.4, -0.2) is 18.1 Å². The summed E-state index contributed by atoms with van der Waals surface area (Å²) in [6.07, 6.45) is 0.808. The van der Waals surface area contributed by atoms with Crippen molar-refractivity contribution < 1.29 is 4.79 Å². The van der Waals surface area contributed by atoms with E-state index < -0.39 is 0 Å². The van der Waals surface area contributed by atoms with Gasteiger partial charge in [0, 0.05) is 13.1 Å². The normalized spacial score (nSPS) is 13.8. The predicted molar refractivity (Wildman–Crippen MR) is 69.6 cm³/mol. The van der Waals surface area contributed by atoms with Crippen LogP contribution in [0.25, 0.3) is 0 Å². The molecule has 0 aliphatic rings. The van der Waals surface area contributed by atoms with Gasteiger partial charge < -0.3 is 16.4 Å². The second-order valence-corrected chi connectivity index (χ2v) is 4.41. The Hall–Kier alpha value is -1.55. The highest BCUT2D eigenvalue weighted by Crippen LogP contribution is 2.06. The minimum Gasteiger partial charge on any atom is -0.334 e. The van der Waals surface area contributed by atoms with Crippen molar-refractivity contribution in [2.75, 3.05) is 6.54 Å². The number of hydrogen-bond donors (Lipinski definition) is 3. The zero-order valence-corrected chi connectivity index (χ0v) is 10.5. The van der Waals surface area contributed by atoms with E-state index in [2.05, 4.69) is 10.6 Å². The van der Waals surface area contributed by atoms with Gasteiger partial charge in [0.1, 0.15) is 0 Å². The average molecular weight is 235 g/mol. The quantitative estimate of drug-likeness (QED) is 0.726. The third-order valence-corrected chi connectivity index (χ3v) is 2.94. The Morgan fingerprint density at radius 3 is 2.53 bits per heavy atom. The summed E-state index contributed by atoms with van der Waals surface area (Å²) < 4.78 is 0. The molecule has 0 aliphatic carbocycles. The second-order valence-electron chi connectivity index (χ2n) is 4.41. The van der Waals surface area contributed by atoms with Crippen LogP contribution in [0, 0.1) is 0 Å². The Kier molecular flexibility index (Phi) is 4.97. The first-order chi connectivity index (χ1) is 8.09. The Labute approximate surface area is 103 Å². The molecule has 0 aliphatic heterocycles. The Bertz CT molecular complexity index is 347. The van der Waals surface area contributed by atoms with Crippen LogP contribution in [0.1, 0.15) is 25.8 Å². The number of rotatable bonds is 5. The number of nitrogens with two attached hydrogens (primary N) is 1. The Morgan fingerprint density at radius 2 is 2.00 bits per heavy atom. The average Bonchev–Trinajstić information content (AvgIpc) is 2.37. The van der Waals surface area contributed by atoms with Crippen LogP contribution in [0.2, 0.25) is 0 Å². The predicted octanol–water partition coefficient (Wildman–Crippen LogP) is 1.61. The number of benzene rings is 1. The lowest BCUT2D eigenvalue weighted by Crippen LogP contribution is -2.53. The molecule has 17 heavy (non-hydrogen) atoms. The summed E-state index contributed by atoms with van der Waals surface area (Å²) in [6.45, 7) is 4.90. The number of carbonyl (C=O) groups is 1. The molecule has 0 heterocycles. The molecule has 0 spiro atoms. The molecule has 1 unspecified atom stereocenters. The topological polar surface area (TPSA) is 67.1 Å². The molecule has 4 N–H and O–H groups in total. The van der Waals surface area contributed by atoms with Gasteiger partial charge in [0.25, 0.3) is 0 Å². The van der Waals surface area contributed by atoms with Crippen molar-refractivity contribution in [3.05, 3.63) is 35.9 Å². The summed E-state index contributed by atoms with van der Waals surface area (Å²) in [6, 6.07) is 9.62. The van der Waals surface area contributed by atoms with Gasteiger partial charge >= 0.3 is 6.03 Å². The van der Waals surface area contributed by atoms with Gasteiger partial charge in [-0.2, -0.15) is 0 Å². The van der Waals surface area contributed by atoms with Gasteiger partial charge in [-0.15, -0.1) is 0 Å². The van der Waals surface area contributed by atoms with Gasteiger partial charge in [0.05, 0.1) is 5.54 Å². The number of amides is 2. The highest BCUT2D eigenvalue weighted by atomic mass is 16.2. The maximum atomic E-state index is 11.7. The fourth-order valence-corrected chi connectivity index (χ4v) is 1.38. The van der Waals surface area contributed by atoms with Gasteiger partial charge in [0.2, 0.25) is 0 Å². The monoisotopic (exact) mass is 235 g/mol. The van der Waals surface area contributed by atoms with E-state index >= 15 is 0 Å². The van der Waals surface area contributed by atoms with Crippen LogP contribution < -0.4 is 16.4 Å². The molecule has 0 saturated heterocycles. The third kappa shape index (κ3) is 4.44. The maximum Gasteiger partial charge on any atom is 0.315 e.